The fourth-order valence-electron chi connectivity index (χ4n) is 3.40. The molecule has 6 heteroatoms. The number of carbonyl (C=O) groups excluding carboxylic acids is 1. The maximum Gasteiger partial charge on any atom is 0.244 e. The number of benzene rings is 1. The second kappa shape index (κ2) is 7.70. The van der Waals surface area contributed by atoms with Crippen molar-refractivity contribution in [2.45, 2.75) is 25.8 Å². The van der Waals surface area contributed by atoms with E-state index in [1.807, 2.05) is 23.1 Å². The zero-order valence-corrected chi connectivity index (χ0v) is 15.0. The van der Waals surface area contributed by atoms with E-state index in [4.69, 9.17) is 0 Å². The van der Waals surface area contributed by atoms with Crippen LogP contribution < -0.4 is 0 Å². The molecule has 27 heavy (non-hydrogen) atoms. The molecule has 0 unspecified atom stereocenters. The Hall–Kier alpha value is -3.02. The van der Waals surface area contributed by atoms with Crippen LogP contribution in [0.3, 0.4) is 0 Å². The van der Waals surface area contributed by atoms with Gasteiger partial charge in [0.25, 0.3) is 0 Å². The first kappa shape index (κ1) is 17.4. The van der Waals surface area contributed by atoms with Gasteiger partial charge in [-0.3, -0.25) is 14.5 Å². The molecule has 0 aliphatic carbocycles. The summed E-state index contributed by atoms with van der Waals surface area (Å²) in [7, 11) is 0. The minimum atomic E-state index is -0.256. The zero-order valence-electron chi connectivity index (χ0n) is 15.0. The third-order valence-corrected chi connectivity index (χ3v) is 4.88. The third kappa shape index (κ3) is 4.05. The van der Waals surface area contributed by atoms with E-state index in [9.17, 15) is 9.18 Å². The maximum absolute atomic E-state index is 13.2. The van der Waals surface area contributed by atoms with Crippen LogP contribution in [0.2, 0.25) is 0 Å². The van der Waals surface area contributed by atoms with E-state index < -0.39 is 0 Å². The molecule has 138 valence electrons. The van der Waals surface area contributed by atoms with Crippen molar-refractivity contribution < 1.29 is 9.18 Å². The second-order valence-electron chi connectivity index (χ2n) is 6.81. The Morgan fingerprint density at radius 1 is 1.04 bits per heavy atom. The first-order chi connectivity index (χ1) is 13.2. The van der Waals surface area contributed by atoms with Crippen molar-refractivity contribution in [2.75, 3.05) is 13.1 Å². The molecule has 0 bridgehead atoms. The van der Waals surface area contributed by atoms with Crippen molar-refractivity contribution in [3.8, 4) is 11.3 Å². The Kier molecular flexibility index (Phi) is 4.96. The number of nitrogens with zero attached hydrogens (tertiary/aromatic N) is 4. The molecule has 0 N–H and O–H groups in total. The second-order valence-corrected chi connectivity index (χ2v) is 6.81. The van der Waals surface area contributed by atoms with Crippen molar-refractivity contribution in [2.24, 2.45) is 0 Å². The SMILES string of the molecule is O=C(Cn1nc(-c2ccncc2)cc1Cc1ccc(F)cc1)N1CCCC1. The molecule has 0 spiro atoms. The summed E-state index contributed by atoms with van der Waals surface area (Å²) in [6, 6.07) is 12.2. The molecular formula is C21H21FN4O. The Bertz CT molecular complexity index is 915. The van der Waals surface area contributed by atoms with Crippen LogP contribution >= 0.6 is 0 Å². The molecular weight excluding hydrogens is 343 g/mol. The highest BCUT2D eigenvalue weighted by atomic mass is 19.1. The summed E-state index contributed by atoms with van der Waals surface area (Å²) >= 11 is 0. The van der Waals surface area contributed by atoms with Crippen LogP contribution in [0.25, 0.3) is 11.3 Å². The van der Waals surface area contributed by atoms with Gasteiger partial charge in [0.2, 0.25) is 5.91 Å². The van der Waals surface area contributed by atoms with Crippen LogP contribution in [0, 0.1) is 5.82 Å². The molecule has 5 nitrogen and oxygen atoms in total. The molecule has 0 atom stereocenters. The van der Waals surface area contributed by atoms with Gasteiger partial charge in [-0.05, 0) is 48.7 Å². The Labute approximate surface area is 157 Å². The van der Waals surface area contributed by atoms with Gasteiger partial charge in [-0.25, -0.2) is 4.39 Å². The lowest BCUT2D eigenvalue weighted by molar-refractivity contribution is -0.131. The number of amides is 1. The van der Waals surface area contributed by atoms with Gasteiger partial charge >= 0.3 is 0 Å². The highest BCUT2D eigenvalue weighted by Crippen LogP contribution is 2.21. The first-order valence-electron chi connectivity index (χ1n) is 9.18. The van der Waals surface area contributed by atoms with E-state index in [0.717, 1.165) is 48.4 Å². The number of carbonyl (C=O) groups is 1. The monoisotopic (exact) mass is 364 g/mol. The lowest BCUT2D eigenvalue weighted by Gasteiger charge is -2.16. The first-order valence-corrected chi connectivity index (χ1v) is 9.18. The number of likely N-dealkylation sites (tertiary alicyclic amines) is 1. The summed E-state index contributed by atoms with van der Waals surface area (Å²) in [6.07, 6.45) is 6.17. The maximum atomic E-state index is 13.2. The molecule has 3 heterocycles. The van der Waals surface area contributed by atoms with Crippen LogP contribution in [-0.2, 0) is 17.8 Å². The predicted octanol–water partition coefficient (Wildman–Crippen LogP) is 3.30. The van der Waals surface area contributed by atoms with Crippen LogP contribution in [0.5, 0.6) is 0 Å². The molecule has 4 rings (SSSR count). The number of pyridine rings is 1. The van der Waals surface area contributed by atoms with Crippen molar-refractivity contribution in [1.29, 1.82) is 0 Å². The van der Waals surface area contributed by atoms with Gasteiger partial charge in [0.15, 0.2) is 0 Å². The summed E-state index contributed by atoms with van der Waals surface area (Å²) in [5.41, 5.74) is 3.68. The molecule has 1 aliphatic heterocycles. The predicted molar refractivity (Wildman–Crippen MR) is 100 cm³/mol. The molecule has 0 radical (unpaired) electrons. The minimum absolute atomic E-state index is 0.0947. The third-order valence-electron chi connectivity index (χ3n) is 4.88. The molecule has 1 amide bonds. The fraction of sp³-hybridized carbons (Fsp3) is 0.286. The average molecular weight is 364 g/mol. The lowest BCUT2D eigenvalue weighted by Crippen LogP contribution is -2.31. The van der Waals surface area contributed by atoms with Crippen LogP contribution in [-0.4, -0.2) is 38.7 Å². The molecule has 3 aromatic rings. The number of hydrogen-bond donors (Lipinski definition) is 0. The summed E-state index contributed by atoms with van der Waals surface area (Å²) in [4.78, 5) is 18.6. The van der Waals surface area contributed by atoms with Crippen molar-refractivity contribution in [1.82, 2.24) is 19.7 Å². The van der Waals surface area contributed by atoms with Crippen molar-refractivity contribution in [3.63, 3.8) is 0 Å². The van der Waals surface area contributed by atoms with E-state index in [1.165, 1.54) is 12.1 Å². The topological polar surface area (TPSA) is 51.0 Å². The molecule has 1 aromatic carbocycles. The summed E-state index contributed by atoms with van der Waals surface area (Å²) in [5, 5.41) is 4.67. The smallest absolute Gasteiger partial charge is 0.244 e. The fourth-order valence-corrected chi connectivity index (χ4v) is 3.40. The van der Waals surface area contributed by atoms with E-state index in [-0.39, 0.29) is 18.3 Å². The summed E-state index contributed by atoms with van der Waals surface area (Å²) in [6.45, 7) is 1.87. The van der Waals surface area contributed by atoms with Crippen LogP contribution in [0.4, 0.5) is 4.39 Å². The Morgan fingerprint density at radius 2 is 1.74 bits per heavy atom. The van der Waals surface area contributed by atoms with E-state index in [2.05, 4.69) is 10.1 Å². The van der Waals surface area contributed by atoms with Gasteiger partial charge in [-0.1, -0.05) is 12.1 Å². The standard InChI is InChI=1S/C21H21FN4O/c22-18-5-3-16(4-6-18)13-19-14-20(17-7-9-23-10-8-17)24-26(19)15-21(27)25-11-1-2-12-25/h3-10,14H,1-2,11-13,15H2. The van der Waals surface area contributed by atoms with E-state index in [1.54, 1.807) is 29.2 Å². The molecule has 1 aliphatic rings. The normalized spacial score (nSPS) is 13.9. The minimum Gasteiger partial charge on any atom is -0.341 e. The van der Waals surface area contributed by atoms with Crippen LogP contribution in [0.1, 0.15) is 24.1 Å². The number of aromatic nitrogens is 3. The Balaban J connectivity index is 1.63. The largest absolute Gasteiger partial charge is 0.341 e. The highest BCUT2D eigenvalue weighted by molar-refractivity contribution is 5.76. The van der Waals surface area contributed by atoms with Gasteiger partial charge in [-0.15, -0.1) is 0 Å². The van der Waals surface area contributed by atoms with Gasteiger partial charge in [0.05, 0.1) is 5.69 Å². The summed E-state index contributed by atoms with van der Waals surface area (Å²) < 4.78 is 15.0. The lowest BCUT2D eigenvalue weighted by atomic mass is 10.1. The number of rotatable bonds is 5. The van der Waals surface area contributed by atoms with Gasteiger partial charge in [0.1, 0.15) is 12.4 Å². The highest BCUT2D eigenvalue weighted by Gasteiger charge is 2.20. The zero-order chi connectivity index (χ0) is 18.6. The molecule has 2 aromatic heterocycles. The van der Waals surface area contributed by atoms with Gasteiger partial charge in [-0.2, -0.15) is 5.10 Å². The van der Waals surface area contributed by atoms with Gasteiger partial charge in [0, 0.05) is 43.2 Å². The van der Waals surface area contributed by atoms with E-state index >= 15 is 0 Å². The van der Waals surface area contributed by atoms with Crippen LogP contribution in [0.15, 0.2) is 54.9 Å². The number of hydrogen-bond acceptors (Lipinski definition) is 3. The van der Waals surface area contributed by atoms with E-state index in [0.29, 0.717) is 6.42 Å². The quantitative estimate of drug-likeness (QED) is 0.698. The Morgan fingerprint density at radius 3 is 2.44 bits per heavy atom. The molecule has 1 fully saturated rings. The van der Waals surface area contributed by atoms with Crippen molar-refractivity contribution >= 4 is 5.91 Å². The number of halogens is 1. The average Bonchev–Trinajstić information content (AvgIpc) is 3.35. The van der Waals surface area contributed by atoms with Gasteiger partial charge < -0.3 is 4.90 Å². The molecule has 0 saturated carbocycles. The van der Waals surface area contributed by atoms with Crippen molar-refractivity contribution in [3.05, 3.63) is 71.9 Å². The summed E-state index contributed by atoms with van der Waals surface area (Å²) in [5.74, 6) is -0.161. The molecule has 1 saturated heterocycles.